The first-order valence-electron chi connectivity index (χ1n) is 8.03. The number of rotatable bonds is 4. The summed E-state index contributed by atoms with van der Waals surface area (Å²) < 4.78 is 5.07. The maximum absolute atomic E-state index is 12.6. The second-order valence-electron chi connectivity index (χ2n) is 6.30. The molecule has 2 heterocycles. The molecule has 8 nitrogen and oxygen atoms in total. The summed E-state index contributed by atoms with van der Waals surface area (Å²) in [6.07, 6.45) is 0. The molecule has 8 heteroatoms. The Bertz CT molecular complexity index is 718. The van der Waals surface area contributed by atoms with Crippen LogP contribution in [-0.4, -0.2) is 58.7 Å². The zero-order valence-corrected chi connectivity index (χ0v) is 13.9. The number of esters is 1. The number of phenols is 1. The highest BCUT2D eigenvalue weighted by molar-refractivity contribution is 6.09. The Morgan fingerprint density at radius 3 is 2.48 bits per heavy atom. The molecular formula is C17H20N2O6. The first-order valence-corrected chi connectivity index (χ1v) is 8.03. The number of nitrogens with zero attached hydrogens (tertiary/aromatic N) is 1. The number of benzene rings is 1. The van der Waals surface area contributed by atoms with Gasteiger partial charge in [-0.15, -0.1) is 0 Å². The van der Waals surface area contributed by atoms with Crippen molar-refractivity contribution >= 4 is 17.8 Å². The van der Waals surface area contributed by atoms with Crippen molar-refractivity contribution in [3.8, 4) is 5.75 Å². The van der Waals surface area contributed by atoms with E-state index in [4.69, 9.17) is 4.74 Å². The van der Waals surface area contributed by atoms with Crippen LogP contribution in [0.5, 0.6) is 5.75 Å². The maximum atomic E-state index is 12.6. The Hall–Kier alpha value is -2.45. The van der Waals surface area contributed by atoms with Gasteiger partial charge in [-0.25, -0.2) is 4.79 Å². The van der Waals surface area contributed by atoms with E-state index >= 15 is 0 Å². The number of nitrogens with one attached hydrogen (secondary N) is 1. The summed E-state index contributed by atoms with van der Waals surface area (Å²) in [5.41, 5.74) is -1.05. The third kappa shape index (κ3) is 2.40. The van der Waals surface area contributed by atoms with E-state index in [0.29, 0.717) is 5.56 Å². The molecule has 2 aliphatic rings. The molecule has 2 amide bonds. The molecule has 0 unspecified atom stereocenters. The molecule has 134 valence electrons. The second-order valence-corrected chi connectivity index (χ2v) is 6.30. The molecule has 0 bridgehead atoms. The molecule has 2 fully saturated rings. The van der Waals surface area contributed by atoms with E-state index in [1.165, 1.54) is 19.2 Å². The number of likely N-dealkylation sites (tertiary alicyclic amines) is 1. The topological polar surface area (TPSA) is 116 Å². The Morgan fingerprint density at radius 1 is 1.28 bits per heavy atom. The standard InChI is InChI=1S/C17H20N2O6/c1-3-25-16(24)17(8-20)12-11(14(22)19(2)15(12)23)13(18-17)9-4-6-10(21)7-5-9/h4-7,11-13,18,20-21H,3,8H2,1-2H3/t11-,12+,13+,17+/m0/s1. The molecule has 1 aromatic carbocycles. The summed E-state index contributed by atoms with van der Waals surface area (Å²) >= 11 is 0. The van der Waals surface area contributed by atoms with E-state index in [-0.39, 0.29) is 12.4 Å². The van der Waals surface area contributed by atoms with Gasteiger partial charge in [0.2, 0.25) is 11.8 Å². The Labute approximate surface area is 144 Å². The monoisotopic (exact) mass is 348 g/mol. The van der Waals surface area contributed by atoms with Crippen LogP contribution in [0.15, 0.2) is 24.3 Å². The van der Waals surface area contributed by atoms with Gasteiger partial charge >= 0.3 is 5.97 Å². The van der Waals surface area contributed by atoms with Crippen molar-refractivity contribution in [2.45, 2.75) is 18.5 Å². The van der Waals surface area contributed by atoms with Gasteiger partial charge in [-0.1, -0.05) is 12.1 Å². The van der Waals surface area contributed by atoms with Crippen LogP contribution in [0.25, 0.3) is 0 Å². The number of aliphatic hydroxyl groups excluding tert-OH is 1. The summed E-state index contributed by atoms with van der Waals surface area (Å²) in [5.74, 6) is -3.52. The number of imide groups is 1. The lowest BCUT2D eigenvalue weighted by Crippen LogP contribution is -2.58. The summed E-state index contributed by atoms with van der Waals surface area (Å²) in [7, 11) is 1.37. The molecule has 0 aromatic heterocycles. The smallest absolute Gasteiger partial charge is 0.329 e. The lowest BCUT2D eigenvalue weighted by Gasteiger charge is -2.30. The zero-order chi connectivity index (χ0) is 18.4. The average Bonchev–Trinajstić information content (AvgIpc) is 3.06. The summed E-state index contributed by atoms with van der Waals surface area (Å²) in [4.78, 5) is 38.8. The third-order valence-corrected chi connectivity index (χ3v) is 5.02. The van der Waals surface area contributed by atoms with Gasteiger partial charge in [-0.05, 0) is 24.6 Å². The number of hydrogen-bond acceptors (Lipinski definition) is 7. The number of aromatic hydroxyl groups is 1. The Kier molecular flexibility index (Phi) is 4.26. The van der Waals surface area contributed by atoms with E-state index in [1.54, 1.807) is 19.1 Å². The molecule has 0 spiro atoms. The van der Waals surface area contributed by atoms with Crippen molar-refractivity contribution in [1.82, 2.24) is 10.2 Å². The molecule has 0 aliphatic carbocycles. The molecule has 4 atom stereocenters. The van der Waals surface area contributed by atoms with E-state index in [1.807, 2.05) is 0 Å². The van der Waals surface area contributed by atoms with Crippen LogP contribution in [0.1, 0.15) is 18.5 Å². The van der Waals surface area contributed by atoms with Crippen molar-refractivity contribution in [2.75, 3.05) is 20.3 Å². The van der Waals surface area contributed by atoms with Crippen LogP contribution in [0.3, 0.4) is 0 Å². The van der Waals surface area contributed by atoms with Crippen molar-refractivity contribution in [2.24, 2.45) is 11.8 Å². The predicted molar refractivity (Wildman–Crippen MR) is 85.2 cm³/mol. The molecule has 2 aliphatic heterocycles. The lowest BCUT2D eigenvalue weighted by atomic mass is 9.79. The number of hydrogen-bond donors (Lipinski definition) is 3. The molecule has 1 aromatic rings. The first kappa shape index (κ1) is 17.4. The summed E-state index contributed by atoms with van der Waals surface area (Å²) in [6, 6.07) is 5.47. The van der Waals surface area contributed by atoms with E-state index in [9.17, 15) is 24.6 Å². The van der Waals surface area contributed by atoms with Gasteiger partial charge in [0, 0.05) is 13.1 Å². The number of aliphatic hydroxyl groups is 1. The number of ether oxygens (including phenoxy) is 1. The van der Waals surface area contributed by atoms with Crippen LogP contribution in [0, 0.1) is 11.8 Å². The predicted octanol–water partition coefficient (Wildman–Crippen LogP) is -0.438. The highest BCUT2D eigenvalue weighted by Crippen LogP contribution is 2.48. The van der Waals surface area contributed by atoms with Crippen LogP contribution in [-0.2, 0) is 19.1 Å². The normalized spacial score (nSPS) is 31.3. The minimum atomic E-state index is -1.68. The van der Waals surface area contributed by atoms with Crippen molar-refractivity contribution in [3.05, 3.63) is 29.8 Å². The molecule has 0 saturated carbocycles. The highest BCUT2D eigenvalue weighted by Gasteiger charge is 2.68. The average molecular weight is 348 g/mol. The zero-order valence-electron chi connectivity index (χ0n) is 13.9. The van der Waals surface area contributed by atoms with Crippen molar-refractivity contribution in [3.63, 3.8) is 0 Å². The molecule has 3 N–H and O–H groups in total. The molecule has 0 radical (unpaired) electrons. The van der Waals surface area contributed by atoms with Gasteiger partial charge in [0.15, 0.2) is 5.54 Å². The summed E-state index contributed by atoms with van der Waals surface area (Å²) in [5, 5.41) is 22.4. The Morgan fingerprint density at radius 2 is 1.92 bits per heavy atom. The first-order chi connectivity index (χ1) is 11.9. The maximum Gasteiger partial charge on any atom is 0.329 e. The fourth-order valence-electron chi connectivity index (χ4n) is 3.77. The van der Waals surface area contributed by atoms with E-state index in [2.05, 4.69) is 5.32 Å². The SMILES string of the molecule is CCOC(=O)[C@]1(CO)N[C@H](c2ccc(O)cc2)[C@H]2C(=O)N(C)C(=O)[C@@H]21. The number of carbonyl (C=O) groups excluding carboxylic acids is 3. The van der Waals surface area contributed by atoms with Crippen LogP contribution >= 0.6 is 0 Å². The molecular weight excluding hydrogens is 328 g/mol. The molecule has 3 rings (SSSR count). The molecule has 2 saturated heterocycles. The van der Waals surface area contributed by atoms with Gasteiger partial charge in [-0.2, -0.15) is 0 Å². The highest BCUT2D eigenvalue weighted by atomic mass is 16.5. The van der Waals surface area contributed by atoms with Crippen molar-refractivity contribution < 1.29 is 29.3 Å². The largest absolute Gasteiger partial charge is 0.508 e. The van der Waals surface area contributed by atoms with E-state index < -0.39 is 47.8 Å². The van der Waals surface area contributed by atoms with Gasteiger partial charge in [0.25, 0.3) is 0 Å². The van der Waals surface area contributed by atoms with E-state index in [0.717, 1.165) is 4.90 Å². The third-order valence-electron chi connectivity index (χ3n) is 5.02. The van der Waals surface area contributed by atoms with Crippen LogP contribution in [0.2, 0.25) is 0 Å². The van der Waals surface area contributed by atoms with Gasteiger partial charge in [-0.3, -0.25) is 19.8 Å². The summed E-state index contributed by atoms with van der Waals surface area (Å²) in [6.45, 7) is 1.04. The van der Waals surface area contributed by atoms with Gasteiger partial charge in [0.1, 0.15) is 5.75 Å². The van der Waals surface area contributed by atoms with Crippen molar-refractivity contribution in [1.29, 1.82) is 0 Å². The van der Waals surface area contributed by atoms with Crippen LogP contribution < -0.4 is 5.32 Å². The lowest BCUT2D eigenvalue weighted by molar-refractivity contribution is -0.158. The number of amides is 2. The van der Waals surface area contributed by atoms with Crippen LogP contribution in [0.4, 0.5) is 0 Å². The fourth-order valence-corrected chi connectivity index (χ4v) is 3.77. The minimum absolute atomic E-state index is 0.0584. The van der Waals surface area contributed by atoms with Gasteiger partial charge in [0.05, 0.1) is 25.0 Å². The second kappa shape index (κ2) is 6.12. The minimum Gasteiger partial charge on any atom is -0.508 e. The number of fused-ring (bicyclic) bond motifs is 1. The number of phenolic OH excluding ortho intramolecular Hbond substituents is 1. The Balaban J connectivity index is 2.10. The van der Waals surface area contributed by atoms with Gasteiger partial charge < -0.3 is 14.9 Å². The number of carbonyl (C=O) groups is 3. The fraction of sp³-hybridized carbons (Fsp3) is 0.471. The molecule has 25 heavy (non-hydrogen) atoms. The quantitative estimate of drug-likeness (QED) is 0.499.